The maximum Gasteiger partial charge on any atom is 0.0816 e. The summed E-state index contributed by atoms with van der Waals surface area (Å²) in [5, 5.41) is 6.88. The average Bonchev–Trinajstić information content (AvgIpc) is 2.54. The van der Waals surface area contributed by atoms with Gasteiger partial charge in [0.15, 0.2) is 0 Å². The quantitative estimate of drug-likeness (QED) is 0.467. The summed E-state index contributed by atoms with van der Waals surface area (Å²) in [5.74, 6) is 0. The molecule has 0 radical (unpaired) electrons. The molecule has 1 fully saturated rings. The predicted octanol–water partition coefficient (Wildman–Crippen LogP) is 1.47. The summed E-state index contributed by atoms with van der Waals surface area (Å²) in [6, 6.07) is 0.657. The first-order chi connectivity index (χ1) is 5.19. The van der Waals surface area contributed by atoms with Crippen molar-refractivity contribution in [1.29, 1.82) is 0 Å². The molecular weight excluding hydrogens is 136 g/mol. The highest BCUT2D eigenvalue weighted by Crippen LogP contribution is 2.21. The molecule has 0 aromatic rings. The molecule has 0 spiro atoms. The molecule has 2 unspecified atom stereocenters. The van der Waals surface area contributed by atoms with Crippen LogP contribution in [-0.4, -0.2) is 18.2 Å². The monoisotopic (exact) mass is 156 g/mol. The van der Waals surface area contributed by atoms with Crippen LogP contribution in [0, 0.1) is 0 Å². The predicted molar refractivity (Wildman–Crippen MR) is 48.5 cm³/mol. The molecule has 2 N–H and O–H groups in total. The lowest BCUT2D eigenvalue weighted by atomic mass is 10.2. The Hall–Kier alpha value is -0.0800. The van der Waals surface area contributed by atoms with Crippen LogP contribution in [0.3, 0.4) is 0 Å². The third-order valence-corrected chi connectivity index (χ3v) is 2.57. The van der Waals surface area contributed by atoms with Gasteiger partial charge in [0, 0.05) is 6.04 Å². The second-order valence-electron chi connectivity index (χ2n) is 3.70. The molecule has 1 aliphatic heterocycles. The minimum Gasteiger partial charge on any atom is -0.298 e. The van der Waals surface area contributed by atoms with Gasteiger partial charge < -0.3 is 0 Å². The molecule has 1 heterocycles. The number of hydrogen-bond donors (Lipinski definition) is 2. The van der Waals surface area contributed by atoms with E-state index in [1.165, 1.54) is 19.3 Å². The van der Waals surface area contributed by atoms with E-state index in [-0.39, 0.29) is 5.66 Å². The largest absolute Gasteiger partial charge is 0.298 e. The van der Waals surface area contributed by atoms with Crippen LogP contribution in [0.4, 0.5) is 0 Å². The van der Waals surface area contributed by atoms with Gasteiger partial charge in [-0.1, -0.05) is 19.8 Å². The van der Waals surface area contributed by atoms with Gasteiger partial charge in [0.05, 0.1) is 5.66 Å². The Bertz CT molecular complexity index is 125. The van der Waals surface area contributed by atoms with Crippen molar-refractivity contribution in [2.45, 2.75) is 51.7 Å². The lowest BCUT2D eigenvalue weighted by Crippen LogP contribution is -2.34. The van der Waals surface area contributed by atoms with E-state index in [0.717, 1.165) is 6.54 Å². The van der Waals surface area contributed by atoms with Crippen LogP contribution in [0.5, 0.6) is 0 Å². The van der Waals surface area contributed by atoms with Gasteiger partial charge in [-0.25, -0.2) is 0 Å². The molecule has 2 atom stereocenters. The molecule has 0 amide bonds. The molecule has 1 rings (SSSR count). The maximum absolute atomic E-state index is 3.51. The summed E-state index contributed by atoms with van der Waals surface area (Å²) in [7, 11) is 0. The zero-order chi connectivity index (χ0) is 8.32. The molecule has 0 saturated carbocycles. The minimum atomic E-state index is 0.258. The van der Waals surface area contributed by atoms with Crippen LogP contribution >= 0.6 is 0 Å². The van der Waals surface area contributed by atoms with Crippen molar-refractivity contribution in [2.75, 3.05) is 6.54 Å². The smallest absolute Gasteiger partial charge is 0.0816 e. The zero-order valence-corrected chi connectivity index (χ0v) is 7.91. The summed E-state index contributed by atoms with van der Waals surface area (Å²) >= 11 is 0. The summed E-state index contributed by atoms with van der Waals surface area (Å²) in [5.41, 5.74) is 0.258. The summed E-state index contributed by atoms with van der Waals surface area (Å²) < 4.78 is 0. The van der Waals surface area contributed by atoms with E-state index in [2.05, 4.69) is 31.4 Å². The van der Waals surface area contributed by atoms with Gasteiger partial charge in [-0.05, 0) is 26.8 Å². The molecule has 1 saturated heterocycles. The van der Waals surface area contributed by atoms with Gasteiger partial charge in [-0.15, -0.1) is 0 Å². The first-order valence-corrected chi connectivity index (χ1v) is 4.72. The maximum atomic E-state index is 3.51. The molecule has 1 aliphatic rings. The molecule has 0 bridgehead atoms. The molecule has 66 valence electrons. The Kier molecular flexibility index (Phi) is 2.90. The van der Waals surface area contributed by atoms with Crippen LogP contribution in [0.1, 0.15) is 40.0 Å². The molecule has 11 heavy (non-hydrogen) atoms. The van der Waals surface area contributed by atoms with E-state index in [4.69, 9.17) is 0 Å². The SMILES string of the molecule is CCCCCNC1(C)NC1C. The van der Waals surface area contributed by atoms with Gasteiger partial charge in [-0.3, -0.25) is 10.6 Å². The van der Waals surface area contributed by atoms with Gasteiger partial charge in [0.2, 0.25) is 0 Å². The summed E-state index contributed by atoms with van der Waals surface area (Å²) in [4.78, 5) is 0. The lowest BCUT2D eigenvalue weighted by molar-refractivity contribution is 0.495. The first kappa shape index (κ1) is 9.01. The Balaban J connectivity index is 1.96. The minimum absolute atomic E-state index is 0.258. The molecule has 2 nitrogen and oxygen atoms in total. The van der Waals surface area contributed by atoms with Crippen molar-refractivity contribution in [3.63, 3.8) is 0 Å². The topological polar surface area (TPSA) is 34.0 Å². The third-order valence-electron chi connectivity index (χ3n) is 2.57. The van der Waals surface area contributed by atoms with Crippen LogP contribution in [0.15, 0.2) is 0 Å². The van der Waals surface area contributed by atoms with Crippen LogP contribution in [0.25, 0.3) is 0 Å². The number of unbranched alkanes of at least 4 members (excludes halogenated alkanes) is 2. The second kappa shape index (κ2) is 3.55. The normalized spacial score (nSPS) is 35.7. The van der Waals surface area contributed by atoms with E-state index in [9.17, 15) is 0 Å². The fraction of sp³-hybridized carbons (Fsp3) is 1.00. The molecule has 0 aliphatic carbocycles. The highest BCUT2D eigenvalue weighted by atomic mass is 15.4. The highest BCUT2D eigenvalue weighted by Gasteiger charge is 2.44. The fourth-order valence-corrected chi connectivity index (χ4v) is 1.34. The lowest BCUT2D eigenvalue weighted by Gasteiger charge is -2.09. The van der Waals surface area contributed by atoms with Gasteiger partial charge >= 0.3 is 0 Å². The Morgan fingerprint density at radius 3 is 2.55 bits per heavy atom. The number of rotatable bonds is 5. The average molecular weight is 156 g/mol. The number of nitrogens with one attached hydrogen (secondary N) is 2. The van der Waals surface area contributed by atoms with Crippen LogP contribution in [-0.2, 0) is 0 Å². The van der Waals surface area contributed by atoms with Crippen LogP contribution < -0.4 is 10.6 Å². The van der Waals surface area contributed by atoms with Crippen LogP contribution in [0.2, 0.25) is 0 Å². The van der Waals surface area contributed by atoms with Crippen molar-refractivity contribution in [3.05, 3.63) is 0 Å². The molecule has 0 aromatic carbocycles. The van der Waals surface area contributed by atoms with Gasteiger partial charge in [0.25, 0.3) is 0 Å². The van der Waals surface area contributed by atoms with E-state index < -0.39 is 0 Å². The molecule has 2 heteroatoms. The second-order valence-corrected chi connectivity index (χ2v) is 3.70. The van der Waals surface area contributed by atoms with Crippen molar-refractivity contribution < 1.29 is 0 Å². The Morgan fingerprint density at radius 2 is 2.09 bits per heavy atom. The Morgan fingerprint density at radius 1 is 1.45 bits per heavy atom. The van der Waals surface area contributed by atoms with Gasteiger partial charge in [-0.2, -0.15) is 0 Å². The Labute approximate surface area is 69.8 Å². The van der Waals surface area contributed by atoms with Gasteiger partial charge in [0.1, 0.15) is 0 Å². The van der Waals surface area contributed by atoms with E-state index in [1.54, 1.807) is 0 Å². The molecule has 0 aromatic heterocycles. The summed E-state index contributed by atoms with van der Waals surface area (Å²) in [6.07, 6.45) is 3.96. The standard InChI is InChI=1S/C9H20N2/c1-4-5-6-7-10-9(3)8(2)11-9/h8,10-11H,4-7H2,1-3H3. The molecular formula is C9H20N2. The fourth-order valence-electron chi connectivity index (χ4n) is 1.34. The van der Waals surface area contributed by atoms with Crippen molar-refractivity contribution in [2.24, 2.45) is 0 Å². The third kappa shape index (κ3) is 2.46. The van der Waals surface area contributed by atoms with Crippen molar-refractivity contribution in [1.82, 2.24) is 10.6 Å². The van der Waals surface area contributed by atoms with E-state index >= 15 is 0 Å². The zero-order valence-electron chi connectivity index (χ0n) is 7.91. The number of hydrogen-bond acceptors (Lipinski definition) is 2. The summed E-state index contributed by atoms with van der Waals surface area (Å²) in [6.45, 7) is 7.83. The van der Waals surface area contributed by atoms with Crippen molar-refractivity contribution >= 4 is 0 Å². The van der Waals surface area contributed by atoms with E-state index in [0.29, 0.717) is 6.04 Å². The van der Waals surface area contributed by atoms with Crippen molar-refractivity contribution in [3.8, 4) is 0 Å². The highest BCUT2D eigenvalue weighted by molar-refractivity contribution is 5.05. The van der Waals surface area contributed by atoms with E-state index in [1.807, 2.05) is 0 Å². The first-order valence-electron chi connectivity index (χ1n) is 4.72.